The van der Waals surface area contributed by atoms with Gasteiger partial charge in [-0.25, -0.2) is 4.79 Å². The van der Waals surface area contributed by atoms with Crippen LogP contribution in [-0.2, 0) is 13.0 Å². The van der Waals surface area contributed by atoms with E-state index in [0.29, 0.717) is 5.56 Å². The number of likely N-dealkylation sites (N-methyl/N-ethyl adjacent to an activating group) is 1. The summed E-state index contributed by atoms with van der Waals surface area (Å²) in [6.07, 6.45) is 0.951. The van der Waals surface area contributed by atoms with Crippen molar-refractivity contribution >= 4 is 18.4 Å². The predicted octanol–water partition coefficient (Wildman–Crippen LogP) is 1.79. The zero-order chi connectivity index (χ0) is 10.1. The molecule has 1 aliphatic heterocycles. The van der Waals surface area contributed by atoms with Crippen molar-refractivity contribution in [3.05, 3.63) is 34.9 Å². The maximum absolute atomic E-state index is 10.7. The highest BCUT2D eigenvalue weighted by molar-refractivity contribution is 5.87. The topological polar surface area (TPSA) is 40.5 Å². The van der Waals surface area contributed by atoms with Crippen molar-refractivity contribution < 1.29 is 9.90 Å². The van der Waals surface area contributed by atoms with E-state index in [2.05, 4.69) is 11.9 Å². The lowest BCUT2D eigenvalue weighted by Gasteiger charge is -2.24. The maximum atomic E-state index is 10.7. The highest BCUT2D eigenvalue weighted by atomic mass is 35.5. The molecule has 3 nitrogen and oxygen atoms in total. The summed E-state index contributed by atoms with van der Waals surface area (Å²) in [7, 11) is 2.08. The molecule has 2 rings (SSSR count). The van der Waals surface area contributed by atoms with Gasteiger partial charge in [-0.2, -0.15) is 0 Å². The van der Waals surface area contributed by atoms with Crippen molar-refractivity contribution in [2.45, 2.75) is 13.0 Å². The molecule has 1 N–H and O–H groups in total. The van der Waals surface area contributed by atoms with E-state index in [1.165, 1.54) is 11.1 Å². The van der Waals surface area contributed by atoms with Crippen LogP contribution in [0.2, 0.25) is 0 Å². The van der Waals surface area contributed by atoms with Crippen LogP contribution in [0.5, 0.6) is 0 Å². The van der Waals surface area contributed by atoms with Crippen LogP contribution in [0.25, 0.3) is 0 Å². The molecule has 1 heterocycles. The Morgan fingerprint density at radius 3 is 2.80 bits per heavy atom. The van der Waals surface area contributed by atoms with E-state index in [-0.39, 0.29) is 12.4 Å². The average molecular weight is 228 g/mol. The van der Waals surface area contributed by atoms with Crippen LogP contribution in [0.1, 0.15) is 21.5 Å². The summed E-state index contributed by atoms with van der Waals surface area (Å²) >= 11 is 0. The fourth-order valence-electron chi connectivity index (χ4n) is 1.83. The molecule has 0 fully saturated rings. The lowest BCUT2D eigenvalue weighted by molar-refractivity contribution is 0.0696. The Kier molecular flexibility index (Phi) is 3.72. The molecule has 0 bridgehead atoms. The molecule has 0 saturated heterocycles. The molecule has 0 amide bonds. The molecule has 0 atom stereocenters. The Bertz CT molecular complexity index is 379. The lowest BCUT2D eigenvalue weighted by Crippen LogP contribution is -2.26. The molecule has 0 aromatic heterocycles. The van der Waals surface area contributed by atoms with Crippen LogP contribution in [0.15, 0.2) is 18.2 Å². The SMILES string of the molecule is CN1CCc2cc(C(=O)O)ccc2C1.Cl. The highest BCUT2D eigenvalue weighted by Gasteiger charge is 2.14. The van der Waals surface area contributed by atoms with Crippen LogP contribution >= 0.6 is 12.4 Å². The van der Waals surface area contributed by atoms with E-state index in [9.17, 15) is 4.79 Å². The van der Waals surface area contributed by atoms with Crippen molar-refractivity contribution in [2.75, 3.05) is 13.6 Å². The Hall–Kier alpha value is -1.06. The summed E-state index contributed by atoms with van der Waals surface area (Å²) < 4.78 is 0. The number of fused-ring (bicyclic) bond motifs is 1. The number of nitrogens with zero attached hydrogens (tertiary/aromatic N) is 1. The summed E-state index contributed by atoms with van der Waals surface area (Å²) in [5.74, 6) is -0.841. The third kappa shape index (κ3) is 2.49. The van der Waals surface area contributed by atoms with Gasteiger partial charge in [0.25, 0.3) is 0 Å². The highest BCUT2D eigenvalue weighted by Crippen LogP contribution is 2.19. The van der Waals surface area contributed by atoms with Crippen LogP contribution in [-0.4, -0.2) is 29.6 Å². The predicted molar refractivity (Wildman–Crippen MR) is 60.7 cm³/mol. The van der Waals surface area contributed by atoms with Gasteiger partial charge in [0.15, 0.2) is 0 Å². The molecule has 0 aliphatic carbocycles. The van der Waals surface area contributed by atoms with Gasteiger partial charge in [0, 0.05) is 13.1 Å². The van der Waals surface area contributed by atoms with Gasteiger partial charge in [-0.15, -0.1) is 12.4 Å². The Balaban J connectivity index is 0.00000112. The quantitative estimate of drug-likeness (QED) is 0.795. The summed E-state index contributed by atoms with van der Waals surface area (Å²) in [6, 6.07) is 5.40. The number of carbonyl (C=O) groups is 1. The van der Waals surface area contributed by atoms with Gasteiger partial charge in [0.2, 0.25) is 0 Å². The van der Waals surface area contributed by atoms with Crippen molar-refractivity contribution in [2.24, 2.45) is 0 Å². The van der Waals surface area contributed by atoms with Crippen molar-refractivity contribution in [1.82, 2.24) is 4.90 Å². The largest absolute Gasteiger partial charge is 0.478 e. The standard InChI is InChI=1S/C11H13NO2.ClH/c1-12-5-4-8-6-9(11(13)14)2-3-10(8)7-12;/h2-3,6H,4-5,7H2,1H3,(H,13,14);1H. The smallest absolute Gasteiger partial charge is 0.335 e. The van der Waals surface area contributed by atoms with Crippen molar-refractivity contribution in [3.8, 4) is 0 Å². The van der Waals surface area contributed by atoms with Crippen molar-refractivity contribution in [1.29, 1.82) is 0 Å². The van der Waals surface area contributed by atoms with Gasteiger partial charge in [0.05, 0.1) is 5.56 Å². The van der Waals surface area contributed by atoms with E-state index >= 15 is 0 Å². The number of hydrogen-bond acceptors (Lipinski definition) is 2. The minimum Gasteiger partial charge on any atom is -0.478 e. The molecule has 0 spiro atoms. The second kappa shape index (κ2) is 4.64. The monoisotopic (exact) mass is 227 g/mol. The van der Waals surface area contributed by atoms with E-state index in [4.69, 9.17) is 5.11 Å². The number of rotatable bonds is 1. The summed E-state index contributed by atoms with van der Waals surface area (Å²) in [4.78, 5) is 13.0. The molecule has 1 aromatic carbocycles. The Morgan fingerprint density at radius 2 is 2.13 bits per heavy atom. The first-order valence-electron chi connectivity index (χ1n) is 4.70. The second-order valence-corrected chi connectivity index (χ2v) is 3.78. The molecule has 0 radical (unpaired) electrons. The van der Waals surface area contributed by atoms with Crippen LogP contribution in [0, 0.1) is 0 Å². The van der Waals surface area contributed by atoms with E-state index in [1.807, 2.05) is 6.07 Å². The summed E-state index contributed by atoms with van der Waals surface area (Å²) in [5, 5.41) is 8.83. The van der Waals surface area contributed by atoms with Crippen LogP contribution < -0.4 is 0 Å². The maximum Gasteiger partial charge on any atom is 0.335 e. The number of carboxylic acids is 1. The molecule has 15 heavy (non-hydrogen) atoms. The fourth-order valence-corrected chi connectivity index (χ4v) is 1.83. The zero-order valence-corrected chi connectivity index (χ0v) is 9.38. The third-order valence-electron chi connectivity index (χ3n) is 2.66. The molecule has 0 unspecified atom stereocenters. The summed E-state index contributed by atoms with van der Waals surface area (Å²) in [6.45, 7) is 1.94. The molecule has 1 aromatic rings. The Labute approximate surface area is 95.1 Å². The van der Waals surface area contributed by atoms with Crippen molar-refractivity contribution in [3.63, 3.8) is 0 Å². The van der Waals surface area contributed by atoms with Gasteiger partial charge in [-0.05, 0) is 36.7 Å². The molecule has 82 valence electrons. The van der Waals surface area contributed by atoms with Gasteiger partial charge in [-0.3, -0.25) is 0 Å². The lowest BCUT2D eigenvalue weighted by atomic mass is 9.98. The van der Waals surface area contributed by atoms with E-state index in [0.717, 1.165) is 19.5 Å². The first-order valence-corrected chi connectivity index (χ1v) is 4.70. The van der Waals surface area contributed by atoms with E-state index in [1.54, 1.807) is 12.1 Å². The molecule has 0 saturated carbocycles. The normalized spacial score (nSPS) is 15.3. The second-order valence-electron chi connectivity index (χ2n) is 3.78. The number of benzene rings is 1. The number of aromatic carboxylic acids is 1. The van der Waals surface area contributed by atoms with Crippen LogP contribution in [0.3, 0.4) is 0 Å². The van der Waals surface area contributed by atoms with Gasteiger partial charge >= 0.3 is 5.97 Å². The molecule has 1 aliphatic rings. The number of carboxylic acid groups (broad SMARTS) is 1. The Morgan fingerprint density at radius 1 is 1.40 bits per heavy atom. The molecule has 4 heteroatoms. The molecular weight excluding hydrogens is 214 g/mol. The first kappa shape index (κ1) is 12.0. The van der Waals surface area contributed by atoms with Crippen LogP contribution in [0.4, 0.5) is 0 Å². The zero-order valence-electron chi connectivity index (χ0n) is 8.56. The first-order chi connectivity index (χ1) is 6.66. The van der Waals surface area contributed by atoms with E-state index < -0.39 is 5.97 Å². The van der Waals surface area contributed by atoms with Gasteiger partial charge in [-0.1, -0.05) is 6.07 Å². The minimum absolute atomic E-state index is 0. The fraction of sp³-hybridized carbons (Fsp3) is 0.364. The van der Waals surface area contributed by atoms with Gasteiger partial charge in [0.1, 0.15) is 0 Å². The number of halogens is 1. The third-order valence-corrected chi connectivity index (χ3v) is 2.66. The molecular formula is C11H14ClNO2. The van der Waals surface area contributed by atoms with Gasteiger partial charge < -0.3 is 10.0 Å². The minimum atomic E-state index is -0.841. The average Bonchev–Trinajstić information content (AvgIpc) is 2.16. The number of hydrogen-bond donors (Lipinski definition) is 1. The summed E-state index contributed by atoms with van der Waals surface area (Å²) in [5.41, 5.74) is 2.83.